The number of carbonyl (C=O) groups is 1. The Hall–Kier alpha value is -3.00. The third-order valence-corrected chi connectivity index (χ3v) is 5.08. The maximum Gasteiger partial charge on any atom is 0.586 e. The van der Waals surface area contributed by atoms with Gasteiger partial charge < -0.3 is 14.8 Å². The first-order chi connectivity index (χ1) is 12.8. The molecule has 3 aromatic rings. The van der Waals surface area contributed by atoms with E-state index in [4.69, 9.17) is 0 Å². The Balaban J connectivity index is 1.57. The number of anilines is 1. The van der Waals surface area contributed by atoms with Gasteiger partial charge in [-0.05, 0) is 54.8 Å². The number of hydrogen-bond donors (Lipinski definition) is 1. The third-order valence-electron chi connectivity index (χ3n) is 4.15. The molecule has 2 heterocycles. The number of hydrogen-bond acceptors (Lipinski definition) is 5. The number of rotatable bonds is 3. The molecule has 0 bridgehead atoms. The van der Waals surface area contributed by atoms with E-state index >= 15 is 0 Å². The molecule has 0 radical (unpaired) electrons. The number of aromatic nitrogens is 1. The molecule has 1 amide bonds. The Bertz CT molecular complexity index is 1030. The molecule has 1 aromatic heterocycles. The molecule has 1 N–H and O–H groups in total. The van der Waals surface area contributed by atoms with Crippen LogP contribution >= 0.6 is 11.3 Å². The lowest BCUT2D eigenvalue weighted by Gasteiger charge is -2.09. The summed E-state index contributed by atoms with van der Waals surface area (Å²) in [6.45, 7) is 3.58. The predicted molar refractivity (Wildman–Crippen MR) is 97.6 cm³/mol. The van der Waals surface area contributed by atoms with Crippen molar-refractivity contribution in [3.05, 3.63) is 58.0 Å². The van der Waals surface area contributed by atoms with Crippen LogP contribution in [-0.2, 0) is 0 Å². The Morgan fingerprint density at radius 2 is 1.78 bits per heavy atom. The average molecular weight is 388 g/mol. The summed E-state index contributed by atoms with van der Waals surface area (Å²) >= 11 is 1.28. The smallest absolute Gasteiger partial charge is 0.395 e. The molecule has 1 aliphatic rings. The monoisotopic (exact) mass is 388 g/mol. The Kier molecular flexibility index (Phi) is 4.07. The van der Waals surface area contributed by atoms with Crippen LogP contribution in [0.5, 0.6) is 11.5 Å². The van der Waals surface area contributed by atoms with Crippen LogP contribution in [0, 0.1) is 13.8 Å². The van der Waals surface area contributed by atoms with Crippen molar-refractivity contribution in [1.29, 1.82) is 0 Å². The van der Waals surface area contributed by atoms with E-state index in [2.05, 4.69) is 19.8 Å². The van der Waals surface area contributed by atoms with Crippen molar-refractivity contribution in [1.82, 2.24) is 4.98 Å². The van der Waals surface area contributed by atoms with E-state index in [0.717, 1.165) is 16.7 Å². The van der Waals surface area contributed by atoms with Crippen molar-refractivity contribution >= 4 is 22.9 Å². The average Bonchev–Trinajstić information content (AvgIpc) is 3.16. The van der Waals surface area contributed by atoms with Gasteiger partial charge in [0.2, 0.25) is 0 Å². The van der Waals surface area contributed by atoms with E-state index in [1.807, 2.05) is 0 Å². The standard InChI is InChI=1S/C19H14F2N2O3S/c1-10-7-15-16(26-19(20,21)25-15)8-14(10)12-3-5-13(6-4-12)23-18(24)17-11(2)22-9-27-17/h3-9H,1-2H3,(H,23,24). The molecule has 5 nitrogen and oxygen atoms in total. The SMILES string of the molecule is Cc1cc2c(cc1-c1ccc(NC(=O)c3scnc3C)cc1)OC(F)(F)O2. The van der Waals surface area contributed by atoms with Crippen molar-refractivity contribution in [3.63, 3.8) is 0 Å². The maximum atomic E-state index is 13.2. The molecule has 2 aromatic carbocycles. The number of nitrogens with one attached hydrogen (secondary N) is 1. The van der Waals surface area contributed by atoms with Crippen LogP contribution in [0.25, 0.3) is 11.1 Å². The van der Waals surface area contributed by atoms with Crippen molar-refractivity contribution in [2.75, 3.05) is 5.32 Å². The summed E-state index contributed by atoms with van der Waals surface area (Å²) in [7, 11) is 0. The summed E-state index contributed by atoms with van der Waals surface area (Å²) in [5, 5.41) is 2.82. The normalized spacial score (nSPS) is 14.2. The van der Waals surface area contributed by atoms with Gasteiger partial charge in [-0.15, -0.1) is 20.1 Å². The molecule has 0 spiro atoms. The molecule has 0 saturated carbocycles. The van der Waals surface area contributed by atoms with Crippen LogP contribution in [-0.4, -0.2) is 17.2 Å². The molecule has 8 heteroatoms. The minimum absolute atomic E-state index is 0.00125. The molecular formula is C19H14F2N2O3S. The van der Waals surface area contributed by atoms with Crippen molar-refractivity contribution in [2.24, 2.45) is 0 Å². The predicted octanol–water partition coefficient (Wildman–Crippen LogP) is 5.00. The fourth-order valence-corrected chi connectivity index (χ4v) is 3.55. The number of benzene rings is 2. The highest BCUT2D eigenvalue weighted by molar-refractivity contribution is 7.12. The molecular weight excluding hydrogens is 374 g/mol. The first-order valence-electron chi connectivity index (χ1n) is 8.05. The molecule has 27 heavy (non-hydrogen) atoms. The fourth-order valence-electron chi connectivity index (χ4n) is 2.85. The summed E-state index contributed by atoms with van der Waals surface area (Å²) in [5.41, 5.74) is 5.25. The van der Waals surface area contributed by atoms with Crippen molar-refractivity contribution < 1.29 is 23.0 Å². The lowest BCUT2D eigenvalue weighted by molar-refractivity contribution is -0.286. The Morgan fingerprint density at radius 3 is 2.41 bits per heavy atom. The molecule has 1 aliphatic heterocycles. The van der Waals surface area contributed by atoms with Crippen LogP contribution in [0.4, 0.5) is 14.5 Å². The second kappa shape index (κ2) is 6.31. The van der Waals surface area contributed by atoms with E-state index in [9.17, 15) is 13.6 Å². The fraction of sp³-hybridized carbons (Fsp3) is 0.158. The minimum Gasteiger partial charge on any atom is -0.395 e. The van der Waals surface area contributed by atoms with Crippen LogP contribution in [0.2, 0.25) is 0 Å². The van der Waals surface area contributed by atoms with Crippen LogP contribution in [0.1, 0.15) is 20.9 Å². The summed E-state index contributed by atoms with van der Waals surface area (Å²) in [5.74, 6) is -0.201. The van der Waals surface area contributed by atoms with Crippen LogP contribution < -0.4 is 14.8 Å². The van der Waals surface area contributed by atoms with E-state index in [-0.39, 0.29) is 17.4 Å². The van der Waals surface area contributed by atoms with Gasteiger partial charge in [0, 0.05) is 5.69 Å². The minimum atomic E-state index is -3.64. The van der Waals surface area contributed by atoms with Gasteiger partial charge in [0.1, 0.15) is 4.88 Å². The molecule has 4 rings (SSSR count). The summed E-state index contributed by atoms with van der Waals surface area (Å²) in [6.07, 6.45) is -3.64. The molecule has 0 atom stereocenters. The molecule has 0 aliphatic carbocycles. The van der Waals surface area contributed by atoms with Crippen LogP contribution in [0.3, 0.4) is 0 Å². The van der Waals surface area contributed by atoms with Gasteiger partial charge in [0.15, 0.2) is 11.5 Å². The molecule has 0 fully saturated rings. The zero-order valence-electron chi connectivity index (χ0n) is 14.4. The summed E-state index contributed by atoms with van der Waals surface area (Å²) < 4.78 is 35.5. The second-order valence-electron chi connectivity index (χ2n) is 6.08. The first-order valence-corrected chi connectivity index (χ1v) is 8.93. The van der Waals surface area contributed by atoms with Gasteiger partial charge in [0.25, 0.3) is 5.91 Å². The Labute approximate surface area is 157 Å². The quantitative estimate of drug-likeness (QED) is 0.686. The zero-order valence-corrected chi connectivity index (χ0v) is 15.2. The summed E-state index contributed by atoms with van der Waals surface area (Å²) in [6, 6.07) is 10.2. The lowest BCUT2D eigenvalue weighted by atomic mass is 9.99. The number of thiazole rings is 1. The molecule has 0 saturated heterocycles. The van der Waals surface area contributed by atoms with Crippen LogP contribution in [0.15, 0.2) is 41.9 Å². The zero-order chi connectivity index (χ0) is 19.2. The second-order valence-corrected chi connectivity index (χ2v) is 6.93. The largest absolute Gasteiger partial charge is 0.586 e. The van der Waals surface area contributed by atoms with Gasteiger partial charge in [-0.3, -0.25) is 4.79 Å². The van der Waals surface area contributed by atoms with Gasteiger partial charge in [-0.2, -0.15) is 0 Å². The molecule has 0 unspecified atom stereocenters. The number of aryl methyl sites for hydroxylation is 2. The molecule has 138 valence electrons. The highest BCUT2D eigenvalue weighted by Gasteiger charge is 2.43. The Morgan fingerprint density at radius 1 is 1.11 bits per heavy atom. The van der Waals surface area contributed by atoms with Crippen molar-refractivity contribution in [3.8, 4) is 22.6 Å². The highest BCUT2D eigenvalue weighted by Crippen LogP contribution is 2.44. The van der Waals surface area contributed by atoms with Gasteiger partial charge in [-0.25, -0.2) is 4.98 Å². The lowest BCUT2D eigenvalue weighted by Crippen LogP contribution is -2.25. The van der Waals surface area contributed by atoms with Gasteiger partial charge in [-0.1, -0.05) is 12.1 Å². The van der Waals surface area contributed by atoms with Crippen molar-refractivity contribution in [2.45, 2.75) is 20.1 Å². The van der Waals surface area contributed by atoms with E-state index in [0.29, 0.717) is 16.3 Å². The number of carbonyl (C=O) groups excluding carboxylic acids is 1. The topological polar surface area (TPSA) is 60.5 Å². The van der Waals surface area contributed by atoms with Gasteiger partial charge in [0.05, 0.1) is 11.2 Å². The number of amides is 1. The number of nitrogens with zero attached hydrogens (tertiary/aromatic N) is 1. The third kappa shape index (κ3) is 3.35. The maximum absolute atomic E-state index is 13.2. The first kappa shape index (κ1) is 17.4. The number of ether oxygens (including phenoxy) is 2. The van der Waals surface area contributed by atoms with E-state index in [1.165, 1.54) is 23.5 Å². The number of halogens is 2. The number of fused-ring (bicyclic) bond motifs is 1. The highest BCUT2D eigenvalue weighted by atomic mass is 32.1. The van der Waals surface area contributed by atoms with E-state index < -0.39 is 6.29 Å². The number of alkyl halides is 2. The van der Waals surface area contributed by atoms with E-state index in [1.54, 1.807) is 43.6 Å². The van der Waals surface area contributed by atoms with Gasteiger partial charge >= 0.3 is 6.29 Å². The summed E-state index contributed by atoms with van der Waals surface area (Å²) in [4.78, 5) is 16.9.